The van der Waals surface area contributed by atoms with Gasteiger partial charge in [0.15, 0.2) is 11.5 Å². The Balaban J connectivity index is 1.89. The molecule has 0 heterocycles. The zero-order valence-corrected chi connectivity index (χ0v) is 9.97. The Morgan fingerprint density at radius 2 is 2.06 bits per heavy atom. The van der Waals surface area contributed by atoms with E-state index in [2.05, 4.69) is 5.32 Å². The summed E-state index contributed by atoms with van der Waals surface area (Å²) < 4.78 is 0. The van der Waals surface area contributed by atoms with Crippen LogP contribution < -0.4 is 5.32 Å². The van der Waals surface area contributed by atoms with E-state index in [1.165, 1.54) is 18.2 Å². The van der Waals surface area contributed by atoms with Gasteiger partial charge < -0.3 is 20.6 Å². The van der Waals surface area contributed by atoms with Crippen molar-refractivity contribution >= 4 is 5.91 Å². The zero-order valence-electron chi connectivity index (χ0n) is 9.97. The van der Waals surface area contributed by atoms with E-state index in [-0.39, 0.29) is 23.5 Å². The van der Waals surface area contributed by atoms with Crippen LogP contribution in [0.1, 0.15) is 29.6 Å². The molecule has 1 aliphatic carbocycles. The predicted molar refractivity (Wildman–Crippen MR) is 65.5 cm³/mol. The minimum absolute atomic E-state index is 0.245. The van der Waals surface area contributed by atoms with Crippen molar-refractivity contribution in [1.29, 1.82) is 0 Å². The van der Waals surface area contributed by atoms with Crippen LogP contribution in [0, 0.1) is 5.92 Å². The fraction of sp³-hybridized carbons (Fsp3) is 0.462. The summed E-state index contributed by atoms with van der Waals surface area (Å²) in [5.74, 6) is -0.522. The summed E-state index contributed by atoms with van der Waals surface area (Å²) >= 11 is 0. The van der Waals surface area contributed by atoms with Gasteiger partial charge in [-0.05, 0) is 43.4 Å². The molecule has 1 aliphatic rings. The third-order valence-electron chi connectivity index (χ3n) is 3.30. The molecule has 0 radical (unpaired) electrons. The van der Waals surface area contributed by atoms with E-state index in [0.29, 0.717) is 18.0 Å². The van der Waals surface area contributed by atoms with Crippen molar-refractivity contribution in [2.75, 3.05) is 6.54 Å². The lowest BCUT2D eigenvalue weighted by Gasteiger charge is -2.11. The van der Waals surface area contributed by atoms with Crippen molar-refractivity contribution in [1.82, 2.24) is 5.32 Å². The zero-order chi connectivity index (χ0) is 13.1. The van der Waals surface area contributed by atoms with Crippen molar-refractivity contribution in [2.24, 2.45) is 5.92 Å². The molecule has 1 aromatic carbocycles. The van der Waals surface area contributed by atoms with E-state index in [1.807, 2.05) is 0 Å². The number of benzene rings is 1. The van der Waals surface area contributed by atoms with E-state index in [1.54, 1.807) is 0 Å². The number of carbonyl (C=O) groups is 1. The number of hydrogen-bond acceptors (Lipinski definition) is 4. The molecule has 0 bridgehead atoms. The first-order valence-electron chi connectivity index (χ1n) is 6.04. The van der Waals surface area contributed by atoms with Gasteiger partial charge in [-0.2, -0.15) is 0 Å². The number of aromatic hydroxyl groups is 2. The van der Waals surface area contributed by atoms with Gasteiger partial charge in [0.2, 0.25) is 0 Å². The highest BCUT2D eigenvalue weighted by molar-refractivity contribution is 5.94. The van der Waals surface area contributed by atoms with Crippen LogP contribution in [0.2, 0.25) is 0 Å². The van der Waals surface area contributed by atoms with Gasteiger partial charge in [0.1, 0.15) is 0 Å². The second kappa shape index (κ2) is 5.27. The molecule has 0 spiro atoms. The SMILES string of the molecule is O=C(NCC1CCC(O)C1)c1ccc(O)c(O)c1. The minimum Gasteiger partial charge on any atom is -0.504 e. The molecule has 2 rings (SSSR count). The van der Waals surface area contributed by atoms with Crippen molar-refractivity contribution < 1.29 is 20.1 Å². The van der Waals surface area contributed by atoms with Crippen molar-refractivity contribution in [3.8, 4) is 11.5 Å². The highest BCUT2D eigenvalue weighted by Crippen LogP contribution is 2.26. The summed E-state index contributed by atoms with van der Waals surface area (Å²) in [6.45, 7) is 0.525. The Bertz CT molecular complexity index is 447. The number of carbonyl (C=O) groups excluding carboxylic acids is 1. The van der Waals surface area contributed by atoms with Crippen LogP contribution >= 0.6 is 0 Å². The minimum atomic E-state index is -0.307. The number of amides is 1. The fourth-order valence-corrected chi connectivity index (χ4v) is 2.24. The quantitative estimate of drug-likeness (QED) is 0.603. The maximum atomic E-state index is 11.8. The third-order valence-corrected chi connectivity index (χ3v) is 3.30. The molecule has 18 heavy (non-hydrogen) atoms. The largest absolute Gasteiger partial charge is 0.504 e. The highest BCUT2D eigenvalue weighted by Gasteiger charge is 2.23. The van der Waals surface area contributed by atoms with Crippen LogP contribution in [0.5, 0.6) is 11.5 Å². The first-order valence-corrected chi connectivity index (χ1v) is 6.04. The first kappa shape index (κ1) is 12.7. The predicted octanol–water partition coefficient (Wildman–Crippen LogP) is 0.989. The lowest BCUT2D eigenvalue weighted by atomic mass is 10.1. The van der Waals surface area contributed by atoms with Gasteiger partial charge in [0, 0.05) is 12.1 Å². The standard InChI is InChI=1S/C13H17NO4/c15-10-3-1-8(5-10)7-14-13(18)9-2-4-11(16)12(17)6-9/h2,4,6,8,10,15-17H,1,3,5,7H2,(H,14,18). The summed E-state index contributed by atoms with van der Waals surface area (Å²) in [6, 6.07) is 3.96. The smallest absolute Gasteiger partial charge is 0.251 e. The lowest BCUT2D eigenvalue weighted by molar-refractivity contribution is 0.0944. The van der Waals surface area contributed by atoms with Gasteiger partial charge in [0.05, 0.1) is 6.10 Å². The van der Waals surface area contributed by atoms with Crippen LogP contribution in [0.15, 0.2) is 18.2 Å². The van der Waals surface area contributed by atoms with E-state index in [0.717, 1.165) is 19.3 Å². The molecular weight excluding hydrogens is 234 g/mol. The second-order valence-corrected chi connectivity index (χ2v) is 4.75. The van der Waals surface area contributed by atoms with E-state index >= 15 is 0 Å². The summed E-state index contributed by atoms with van der Waals surface area (Å²) in [4.78, 5) is 11.8. The molecule has 1 fully saturated rings. The Morgan fingerprint density at radius 3 is 2.67 bits per heavy atom. The van der Waals surface area contributed by atoms with Crippen molar-refractivity contribution in [3.63, 3.8) is 0 Å². The Morgan fingerprint density at radius 1 is 1.28 bits per heavy atom. The lowest BCUT2D eigenvalue weighted by Crippen LogP contribution is -2.28. The van der Waals surface area contributed by atoms with Crippen LogP contribution in [0.4, 0.5) is 0 Å². The molecule has 0 aliphatic heterocycles. The van der Waals surface area contributed by atoms with Crippen LogP contribution in [0.25, 0.3) is 0 Å². The summed E-state index contributed by atoms with van der Waals surface area (Å²) in [5, 5.41) is 30.6. The highest BCUT2D eigenvalue weighted by atomic mass is 16.3. The molecule has 4 N–H and O–H groups in total. The van der Waals surface area contributed by atoms with Gasteiger partial charge in [-0.25, -0.2) is 0 Å². The topological polar surface area (TPSA) is 89.8 Å². The molecule has 1 saturated carbocycles. The molecular formula is C13H17NO4. The van der Waals surface area contributed by atoms with Gasteiger partial charge in [0.25, 0.3) is 5.91 Å². The van der Waals surface area contributed by atoms with E-state index < -0.39 is 0 Å². The number of phenolic OH excluding ortho intramolecular Hbond substituents is 2. The maximum absolute atomic E-state index is 11.8. The fourth-order valence-electron chi connectivity index (χ4n) is 2.24. The molecule has 2 unspecified atom stereocenters. The van der Waals surface area contributed by atoms with Crippen LogP contribution in [-0.4, -0.2) is 33.9 Å². The number of aliphatic hydroxyl groups excluding tert-OH is 1. The Hall–Kier alpha value is -1.75. The third kappa shape index (κ3) is 2.92. The molecule has 98 valence electrons. The Kier molecular flexibility index (Phi) is 3.72. The number of nitrogens with one attached hydrogen (secondary N) is 1. The molecule has 1 amide bonds. The molecule has 5 nitrogen and oxygen atoms in total. The maximum Gasteiger partial charge on any atom is 0.251 e. The Labute approximate surface area is 105 Å². The summed E-state index contributed by atoms with van der Waals surface area (Å²) in [6.07, 6.45) is 2.19. The number of rotatable bonds is 3. The molecule has 2 atom stereocenters. The second-order valence-electron chi connectivity index (χ2n) is 4.75. The molecule has 0 saturated heterocycles. The van der Waals surface area contributed by atoms with Gasteiger partial charge in [-0.3, -0.25) is 4.79 Å². The number of hydrogen-bond donors (Lipinski definition) is 4. The van der Waals surface area contributed by atoms with E-state index in [4.69, 9.17) is 5.11 Å². The first-order chi connectivity index (χ1) is 8.56. The number of aliphatic hydroxyl groups is 1. The van der Waals surface area contributed by atoms with Gasteiger partial charge in [-0.15, -0.1) is 0 Å². The molecule has 5 heteroatoms. The van der Waals surface area contributed by atoms with Gasteiger partial charge in [-0.1, -0.05) is 0 Å². The van der Waals surface area contributed by atoms with Crippen LogP contribution in [0.3, 0.4) is 0 Å². The molecule has 0 aromatic heterocycles. The molecule has 1 aromatic rings. The average molecular weight is 251 g/mol. The van der Waals surface area contributed by atoms with Crippen molar-refractivity contribution in [2.45, 2.75) is 25.4 Å². The van der Waals surface area contributed by atoms with Gasteiger partial charge >= 0.3 is 0 Å². The van der Waals surface area contributed by atoms with Crippen LogP contribution in [-0.2, 0) is 0 Å². The average Bonchev–Trinajstić information content (AvgIpc) is 2.75. The number of phenols is 2. The van der Waals surface area contributed by atoms with E-state index in [9.17, 15) is 15.0 Å². The summed E-state index contributed by atoms with van der Waals surface area (Å²) in [7, 11) is 0. The summed E-state index contributed by atoms with van der Waals surface area (Å²) in [5.41, 5.74) is 0.309. The monoisotopic (exact) mass is 251 g/mol. The normalized spacial score (nSPS) is 22.9. The van der Waals surface area contributed by atoms with Crippen molar-refractivity contribution in [3.05, 3.63) is 23.8 Å².